The lowest BCUT2D eigenvalue weighted by Gasteiger charge is -2.18. The van der Waals surface area contributed by atoms with Crippen molar-refractivity contribution in [2.24, 2.45) is 5.41 Å². The Labute approximate surface area is 115 Å². The van der Waals surface area contributed by atoms with E-state index in [9.17, 15) is 4.79 Å². The van der Waals surface area contributed by atoms with Crippen molar-refractivity contribution in [3.63, 3.8) is 0 Å². The van der Waals surface area contributed by atoms with E-state index in [1.54, 1.807) is 4.68 Å². The number of aromatic nitrogens is 2. The molecule has 5 heteroatoms. The summed E-state index contributed by atoms with van der Waals surface area (Å²) in [7, 11) is 1.37. The van der Waals surface area contributed by atoms with Gasteiger partial charge in [-0.2, -0.15) is 5.10 Å². The third-order valence-electron chi connectivity index (χ3n) is 2.90. The highest BCUT2D eigenvalue weighted by Crippen LogP contribution is 2.27. The number of methoxy groups -OCH3 is 1. The molecule has 1 rings (SSSR count). The first-order valence-electron chi connectivity index (χ1n) is 6.73. The molecule has 0 aliphatic heterocycles. The van der Waals surface area contributed by atoms with E-state index in [-0.39, 0.29) is 5.41 Å². The number of nitrogens with two attached hydrogens (primary N) is 1. The van der Waals surface area contributed by atoms with Crippen LogP contribution in [0, 0.1) is 5.41 Å². The van der Waals surface area contributed by atoms with E-state index in [2.05, 4.69) is 32.8 Å². The van der Waals surface area contributed by atoms with Crippen LogP contribution in [0.1, 0.15) is 56.6 Å². The average Bonchev–Trinajstić information content (AvgIpc) is 2.62. The second kappa shape index (κ2) is 6.08. The minimum atomic E-state index is -0.416. The number of esters is 1. The number of rotatable bonds is 5. The maximum Gasteiger partial charge on any atom is 0.358 e. The van der Waals surface area contributed by atoms with Crippen molar-refractivity contribution in [1.29, 1.82) is 0 Å². The number of hydrogen-bond acceptors (Lipinski definition) is 4. The van der Waals surface area contributed by atoms with Crippen LogP contribution in [0.4, 0.5) is 5.82 Å². The van der Waals surface area contributed by atoms with Crippen molar-refractivity contribution in [1.82, 2.24) is 9.78 Å². The zero-order valence-corrected chi connectivity index (χ0v) is 12.6. The summed E-state index contributed by atoms with van der Waals surface area (Å²) in [6, 6.07) is 0. The van der Waals surface area contributed by atoms with Gasteiger partial charge in [0.1, 0.15) is 5.82 Å². The van der Waals surface area contributed by atoms with Gasteiger partial charge in [0.15, 0.2) is 5.69 Å². The van der Waals surface area contributed by atoms with Gasteiger partial charge in [0.05, 0.1) is 7.11 Å². The fourth-order valence-corrected chi connectivity index (χ4v) is 1.96. The summed E-state index contributed by atoms with van der Waals surface area (Å²) < 4.78 is 6.51. The summed E-state index contributed by atoms with van der Waals surface area (Å²) in [4.78, 5) is 11.8. The van der Waals surface area contributed by atoms with Crippen molar-refractivity contribution in [2.45, 2.75) is 53.5 Å². The Morgan fingerprint density at radius 3 is 2.53 bits per heavy atom. The predicted molar refractivity (Wildman–Crippen MR) is 76.0 cm³/mol. The Kier molecular flexibility index (Phi) is 4.97. The second-order valence-electron chi connectivity index (χ2n) is 6.02. The molecule has 1 aromatic heterocycles. The van der Waals surface area contributed by atoms with Crippen LogP contribution < -0.4 is 5.73 Å². The molecule has 0 bridgehead atoms. The lowest BCUT2D eigenvalue weighted by atomic mass is 9.88. The number of carbonyl (C=O) groups is 1. The van der Waals surface area contributed by atoms with E-state index in [0.717, 1.165) is 24.9 Å². The Hall–Kier alpha value is -1.52. The van der Waals surface area contributed by atoms with Gasteiger partial charge < -0.3 is 10.5 Å². The summed E-state index contributed by atoms with van der Waals surface area (Å²) in [5.74, 6) is 0.171. The molecule has 0 aliphatic carbocycles. The van der Waals surface area contributed by atoms with Gasteiger partial charge >= 0.3 is 5.97 Å². The van der Waals surface area contributed by atoms with Crippen LogP contribution >= 0.6 is 0 Å². The fourth-order valence-electron chi connectivity index (χ4n) is 1.96. The molecule has 1 aromatic rings. The molecular weight excluding hydrogens is 242 g/mol. The molecule has 0 spiro atoms. The molecule has 0 unspecified atom stereocenters. The summed E-state index contributed by atoms with van der Waals surface area (Å²) in [5.41, 5.74) is 7.33. The van der Waals surface area contributed by atoms with Gasteiger partial charge in [-0.3, -0.25) is 0 Å². The van der Waals surface area contributed by atoms with E-state index >= 15 is 0 Å². The molecule has 1 heterocycles. The number of nitrogen functional groups attached to an aromatic ring is 1. The molecule has 0 atom stereocenters. The average molecular weight is 267 g/mol. The summed E-state index contributed by atoms with van der Waals surface area (Å²) in [6.45, 7) is 9.16. The van der Waals surface area contributed by atoms with E-state index < -0.39 is 5.97 Å². The third kappa shape index (κ3) is 3.98. The highest BCUT2D eigenvalue weighted by molar-refractivity contribution is 5.90. The van der Waals surface area contributed by atoms with Crippen LogP contribution in [0.2, 0.25) is 0 Å². The smallest absolute Gasteiger partial charge is 0.358 e. The van der Waals surface area contributed by atoms with Crippen molar-refractivity contribution in [2.75, 3.05) is 12.8 Å². The zero-order chi connectivity index (χ0) is 14.6. The standard InChI is InChI=1S/C14H25N3O2/c1-6-7-8-17-12(15)10(9-14(2,3)4)11(16-17)13(18)19-5/h6-9,15H2,1-5H3. The molecule has 0 amide bonds. The second-order valence-corrected chi connectivity index (χ2v) is 6.02. The molecule has 0 aliphatic rings. The molecule has 0 saturated heterocycles. The lowest BCUT2D eigenvalue weighted by Crippen LogP contribution is -2.14. The van der Waals surface area contributed by atoms with Gasteiger partial charge in [0.25, 0.3) is 0 Å². The molecular formula is C14H25N3O2. The van der Waals surface area contributed by atoms with Gasteiger partial charge in [-0.1, -0.05) is 34.1 Å². The van der Waals surface area contributed by atoms with Crippen molar-refractivity contribution < 1.29 is 9.53 Å². The minimum Gasteiger partial charge on any atom is -0.464 e. The summed E-state index contributed by atoms with van der Waals surface area (Å²) >= 11 is 0. The Morgan fingerprint density at radius 1 is 1.42 bits per heavy atom. The van der Waals surface area contributed by atoms with E-state index in [0.29, 0.717) is 17.9 Å². The molecule has 108 valence electrons. The Balaban J connectivity index is 3.16. The Bertz CT molecular complexity index is 444. The number of ether oxygens (including phenoxy) is 1. The van der Waals surface area contributed by atoms with Crippen LogP contribution in [0.5, 0.6) is 0 Å². The highest BCUT2D eigenvalue weighted by atomic mass is 16.5. The van der Waals surface area contributed by atoms with Gasteiger partial charge in [-0.25, -0.2) is 9.48 Å². The fraction of sp³-hybridized carbons (Fsp3) is 0.714. The van der Waals surface area contributed by atoms with E-state index in [1.807, 2.05) is 0 Å². The van der Waals surface area contributed by atoms with Gasteiger partial charge in [0, 0.05) is 12.1 Å². The SMILES string of the molecule is CCCCn1nc(C(=O)OC)c(CC(C)(C)C)c1N. The molecule has 5 nitrogen and oxygen atoms in total. The van der Waals surface area contributed by atoms with Crippen LogP contribution in [0.15, 0.2) is 0 Å². The van der Waals surface area contributed by atoms with Gasteiger partial charge in [-0.05, 0) is 18.3 Å². The maximum atomic E-state index is 11.8. The molecule has 0 aromatic carbocycles. The molecule has 19 heavy (non-hydrogen) atoms. The van der Waals surface area contributed by atoms with Crippen molar-refractivity contribution in [3.05, 3.63) is 11.3 Å². The number of anilines is 1. The van der Waals surface area contributed by atoms with E-state index in [4.69, 9.17) is 10.5 Å². The highest BCUT2D eigenvalue weighted by Gasteiger charge is 2.25. The topological polar surface area (TPSA) is 70.1 Å². The first-order chi connectivity index (χ1) is 8.80. The van der Waals surface area contributed by atoms with Crippen LogP contribution in [-0.4, -0.2) is 22.9 Å². The maximum absolute atomic E-state index is 11.8. The largest absolute Gasteiger partial charge is 0.464 e. The molecule has 0 saturated carbocycles. The quantitative estimate of drug-likeness (QED) is 0.833. The number of unbranched alkanes of at least 4 members (excludes halogenated alkanes) is 1. The van der Waals surface area contributed by atoms with Crippen LogP contribution in [0.25, 0.3) is 0 Å². The molecule has 2 N–H and O–H groups in total. The monoisotopic (exact) mass is 267 g/mol. The van der Waals surface area contributed by atoms with Crippen molar-refractivity contribution >= 4 is 11.8 Å². The van der Waals surface area contributed by atoms with Gasteiger partial charge in [-0.15, -0.1) is 0 Å². The van der Waals surface area contributed by atoms with Crippen LogP contribution in [0.3, 0.4) is 0 Å². The predicted octanol–water partition coefficient (Wildman–Crippen LogP) is 2.64. The van der Waals surface area contributed by atoms with Crippen molar-refractivity contribution in [3.8, 4) is 0 Å². The first kappa shape index (κ1) is 15.5. The lowest BCUT2D eigenvalue weighted by molar-refractivity contribution is 0.0591. The minimum absolute atomic E-state index is 0.0372. The zero-order valence-electron chi connectivity index (χ0n) is 12.6. The number of nitrogens with zero attached hydrogens (tertiary/aromatic N) is 2. The number of aryl methyl sites for hydroxylation is 1. The first-order valence-corrected chi connectivity index (χ1v) is 6.73. The third-order valence-corrected chi connectivity index (χ3v) is 2.90. The van der Waals surface area contributed by atoms with E-state index in [1.165, 1.54) is 7.11 Å². The summed E-state index contributed by atoms with van der Waals surface area (Å²) in [6.07, 6.45) is 2.75. The summed E-state index contributed by atoms with van der Waals surface area (Å²) in [5, 5.41) is 4.32. The van der Waals surface area contributed by atoms with Gasteiger partial charge in [0.2, 0.25) is 0 Å². The molecule has 0 fully saturated rings. The Morgan fingerprint density at radius 2 is 2.05 bits per heavy atom. The number of hydrogen-bond donors (Lipinski definition) is 1. The molecule has 0 radical (unpaired) electrons. The number of carbonyl (C=O) groups excluding carboxylic acids is 1. The van der Waals surface area contributed by atoms with Crippen LogP contribution in [-0.2, 0) is 17.7 Å². The normalized spacial score (nSPS) is 11.6.